The number of hydrogen-bond donors (Lipinski definition) is 1. The molecule has 0 saturated heterocycles. The minimum Gasteiger partial charge on any atom is -0.327 e. The normalized spacial score (nSPS) is 16.5. The lowest BCUT2D eigenvalue weighted by molar-refractivity contribution is 0.646. The second kappa shape index (κ2) is 4.51. The Bertz CT molecular complexity index is 125. The smallest absolute Gasteiger partial charge is 0.0136 e. The Kier molecular flexibility index (Phi) is 4.37. The van der Waals surface area contributed by atoms with Crippen LogP contribution in [0.4, 0.5) is 0 Å². The molecule has 0 aliphatic heterocycles. The summed E-state index contributed by atoms with van der Waals surface area (Å²) in [6.07, 6.45) is 1.21. The standard InChI is InChI=1S/C9H19N/c1-5-7(2)9(4)8(3)6-10/h7H,5-6,10H2,1-4H3/b9-8+. The van der Waals surface area contributed by atoms with E-state index in [4.69, 9.17) is 5.73 Å². The molecular formula is C9H19N. The highest BCUT2D eigenvalue weighted by Crippen LogP contribution is 2.16. The summed E-state index contributed by atoms with van der Waals surface area (Å²) >= 11 is 0. The van der Waals surface area contributed by atoms with Gasteiger partial charge in [0.1, 0.15) is 0 Å². The van der Waals surface area contributed by atoms with Crippen molar-refractivity contribution in [3.8, 4) is 0 Å². The summed E-state index contributed by atoms with van der Waals surface area (Å²) in [6.45, 7) is 9.44. The SMILES string of the molecule is CCC(C)/C(C)=C(\C)CN. The van der Waals surface area contributed by atoms with E-state index in [0.29, 0.717) is 12.5 Å². The van der Waals surface area contributed by atoms with Crippen molar-refractivity contribution in [1.29, 1.82) is 0 Å². The van der Waals surface area contributed by atoms with Gasteiger partial charge in [-0.15, -0.1) is 0 Å². The summed E-state index contributed by atoms with van der Waals surface area (Å²) < 4.78 is 0. The predicted molar refractivity (Wildman–Crippen MR) is 46.9 cm³/mol. The zero-order chi connectivity index (χ0) is 8.15. The molecule has 1 nitrogen and oxygen atoms in total. The van der Waals surface area contributed by atoms with E-state index in [1.165, 1.54) is 17.6 Å². The molecule has 0 bridgehead atoms. The molecular weight excluding hydrogens is 122 g/mol. The van der Waals surface area contributed by atoms with Crippen molar-refractivity contribution in [3.05, 3.63) is 11.1 Å². The van der Waals surface area contributed by atoms with Crippen LogP contribution in [0.15, 0.2) is 11.1 Å². The third kappa shape index (κ3) is 2.53. The van der Waals surface area contributed by atoms with Gasteiger partial charge < -0.3 is 5.73 Å². The Morgan fingerprint density at radius 2 is 1.90 bits per heavy atom. The molecule has 0 aliphatic rings. The monoisotopic (exact) mass is 141 g/mol. The largest absolute Gasteiger partial charge is 0.327 e. The molecule has 60 valence electrons. The lowest BCUT2D eigenvalue weighted by atomic mass is 9.96. The summed E-state index contributed by atoms with van der Waals surface area (Å²) in [5.74, 6) is 0.698. The molecule has 10 heavy (non-hydrogen) atoms. The highest BCUT2D eigenvalue weighted by molar-refractivity contribution is 5.12. The molecule has 0 rings (SSSR count). The Morgan fingerprint density at radius 3 is 2.20 bits per heavy atom. The molecule has 0 amide bonds. The van der Waals surface area contributed by atoms with Gasteiger partial charge in [-0.2, -0.15) is 0 Å². The van der Waals surface area contributed by atoms with Crippen molar-refractivity contribution >= 4 is 0 Å². The van der Waals surface area contributed by atoms with Gasteiger partial charge in [0.15, 0.2) is 0 Å². The topological polar surface area (TPSA) is 26.0 Å². The number of nitrogens with two attached hydrogens (primary N) is 1. The summed E-state index contributed by atoms with van der Waals surface area (Å²) in [5, 5.41) is 0. The van der Waals surface area contributed by atoms with E-state index < -0.39 is 0 Å². The van der Waals surface area contributed by atoms with E-state index in [9.17, 15) is 0 Å². The fourth-order valence-electron chi connectivity index (χ4n) is 0.888. The number of allylic oxidation sites excluding steroid dienone is 1. The molecule has 0 spiro atoms. The quantitative estimate of drug-likeness (QED) is 0.600. The van der Waals surface area contributed by atoms with Crippen molar-refractivity contribution in [2.45, 2.75) is 34.1 Å². The minimum absolute atomic E-state index is 0.698. The van der Waals surface area contributed by atoms with Crippen molar-refractivity contribution in [2.24, 2.45) is 11.7 Å². The van der Waals surface area contributed by atoms with Crippen LogP contribution in [0.1, 0.15) is 34.1 Å². The second-order valence-corrected chi connectivity index (χ2v) is 2.98. The molecule has 0 radical (unpaired) electrons. The maximum absolute atomic E-state index is 5.51. The maximum atomic E-state index is 5.51. The van der Waals surface area contributed by atoms with Crippen LogP contribution in [0.25, 0.3) is 0 Å². The van der Waals surface area contributed by atoms with Crippen LogP contribution in [0.3, 0.4) is 0 Å². The van der Waals surface area contributed by atoms with Gasteiger partial charge in [-0.25, -0.2) is 0 Å². The van der Waals surface area contributed by atoms with Gasteiger partial charge in [-0.3, -0.25) is 0 Å². The molecule has 1 atom stereocenters. The van der Waals surface area contributed by atoms with Crippen LogP contribution in [-0.2, 0) is 0 Å². The summed E-state index contributed by atoms with van der Waals surface area (Å²) in [7, 11) is 0. The lowest BCUT2D eigenvalue weighted by Crippen LogP contribution is -2.06. The third-order valence-corrected chi connectivity index (χ3v) is 2.33. The molecule has 0 heterocycles. The highest BCUT2D eigenvalue weighted by atomic mass is 14.5. The number of rotatable bonds is 3. The van der Waals surface area contributed by atoms with Gasteiger partial charge in [0, 0.05) is 6.54 Å². The summed E-state index contributed by atoms with van der Waals surface area (Å²) in [6, 6.07) is 0. The summed E-state index contributed by atoms with van der Waals surface area (Å²) in [4.78, 5) is 0. The van der Waals surface area contributed by atoms with Gasteiger partial charge in [-0.05, 0) is 26.2 Å². The van der Waals surface area contributed by atoms with Crippen LogP contribution in [-0.4, -0.2) is 6.54 Å². The number of hydrogen-bond acceptors (Lipinski definition) is 1. The van der Waals surface area contributed by atoms with E-state index in [1.54, 1.807) is 0 Å². The molecule has 2 N–H and O–H groups in total. The molecule has 0 aromatic carbocycles. The van der Waals surface area contributed by atoms with E-state index in [1.807, 2.05) is 0 Å². The van der Waals surface area contributed by atoms with Crippen LogP contribution in [0.5, 0.6) is 0 Å². The first-order valence-corrected chi connectivity index (χ1v) is 3.99. The molecule has 0 aromatic rings. The van der Waals surface area contributed by atoms with Gasteiger partial charge in [0.2, 0.25) is 0 Å². The minimum atomic E-state index is 0.698. The molecule has 0 aliphatic carbocycles. The third-order valence-electron chi connectivity index (χ3n) is 2.33. The van der Waals surface area contributed by atoms with Gasteiger partial charge in [0.05, 0.1) is 0 Å². The van der Waals surface area contributed by atoms with E-state index in [0.717, 1.165) is 0 Å². The lowest BCUT2D eigenvalue weighted by Gasteiger charge is -2.11. The van der Waals surface area contributed by atoms with Crippen molar-refractivity contribution < 1.29 is 0 Å². The van der Waals surface area contributed by atoms with Crippen LogP contribution < -0.4 is 5.73 Å². The Morgan fingerprint density at radius 1 is 1.40 bits per heavy atom. The Hall–Kier alpha value is -0.300. The first-order chi connectivity index (χ1) is 4.63. The van der Waals surface area contributed by atoms with Gasteiger partial charge >= 0.3 is 0 Å². The maximum Gasteiger partial charge on any atom is 0.0136 e. The average Bonchev–Trinajstić information content (AvgIpc) is 2.00. The van der Waals surface area contributed by atoms with E-state index in [2.05, 4.69) is 27.7 Å². The Labute approximate surface area is 64.3 Å². The van der Waals surface area contributed by atoms with Crippen LogP contribution in [0.2, 0.25) is 0 Å². The Balaban J connectivity index is 4.15. The molecule has 0 fully saturated rings. The van der Waals surface area contributed by atoms with Gasteiger partial charge in [0.25, 0.3) is 0 Å². The van der Waals surface area contributed by atoms with Crippen molar-refractivity contribution in [1.82, 2.24) is 0 Å². The zero-order valence-electron chi connectivity index (χ0n) is 7.57. The van der Waals surface area contributed by atoms with Crippen molar-refractivity contribution in [3.63, 3.8) is 0 Å². The first kappa shape index (κ1) is 9.70. The fraction of sp³-hybridized carbons (Fsp3) is 0.778. The van der Waals surface area contributed by atoms with E-state index in [-0.39, 0.29) is 0 Å². The van der Waals surface area contributed by atoms with E-state index >= 15 is 0 Å². The highest BCUT2D eigenvalue weighted by Gasteiger charge is 2.02. The van der Waals surface area contributed by atoms with Crippen LogP contribution >= 0.6 is 0 Å². The molecule has 0 aromatic heterocycles. The average molecular weight is 141 g/mol. The van der Waals surface area contributed by atoms with Gasteiger partial charge in [-0.1, -0.05) is 25.0 Å². The van der Waals surface area contributed by atoms with Crippen molar-refractivity contribution in [2.75, 3.05) is 6.54 Å². The molecule has 0 saturated carbocycles. The molecule has 1 heteroatoms. The summed E-state index contributed by atoms with van der Waals surface area (Å²) in [5.41, 5.74) is 8.31. The first-order valence-electron chi connectivity index (χ1n) is 3.99. The van der Waals surface area contributed by atoms with Crippen LogP contribution in [0, 0.1) is 5.92 Å². The molecule has 1 unspecified atom stereocenters. The zero-order valence-corrected chi connectivity index (χ0v) is 7.57. The second-order valence-electron chi connectivity index (χ2n) is 2.98. The predicted octanol–water partition coefficient (Wildman–Crippen LogP) is 2.33. The fourth-order valence-corrected chi connectivity index (χ4v) is 0.888.